The van der Waals surface area contributed by atoms with E-state index in [2.05, 4.69) is 4.72 Å². The molecule has 0 saturated carbocycles. The zero-order chi connectivity index (χ0) is 16.9. The lowest BCUT2D eigenvalue weighted by molar-refractivity contribution is 0.311. The Morgan fingerprint density at radius 1 is 1.00 bits per heavy atom. The van der Waals surface area contributed by atoms with Gasteiger partial charge in [-0.05, 0) is 68.1 Å². The third-order valence-corrected chi connectivity index (χ3v) is 5.12. The molecule has 0 amide bonds. The molecule has 2 aromatic carbocycles. The number of rotatable bonds is 7. The number of nitrogens with one attached hydrogen (secondary N) is 1. The van der Waals surface area contributed by atoms with Gasteiger partial charge in [-0.25, -0.2) is 13.1 Å². The normalized spacial score (nSPS) is 11.4. The molecule has 0 saturated heterocycles. The lowest BCUT2D eigenvalue weighted by Crippen LogP contribution is -2.26. The van der Waals surface area contributed by atoms with Crippen LogP contribution in [-0.2, 0) is 10.0 Å². The number of benzene rings is 2. The van der Waals surface area contributed by atoms with E-state index >= 15 is 0 Å². The molecule has 0 spiro atoms. The van der Waals surface area contributed by atoms with Crippen molar-refractivity contribution in [3.05, 3.63) is 59.2 Å². The van der Waals surface area contributed by atoms with E-state index in [0.29, 0.717) is 24.5 Å². The first-order valence-electron chi connectivity index (χ1n) is 7.65. The molecule has 23 heavy (non-hydrogen) atoms. The van der Waals surface area contributed by atoms with E-state index in [9.17, 15) is 8.42 Å². The van der Waals surface area contributed by atoms with Crippen LogP contribution in [0.5, 0.6) is 5.75 Å². The molecule has 0 aliphatic carbocycles. The molecule has 2 aromatic rings. The van der Waals surface area contributed by atoms with Crippen LogP contribution in [0, 0.1) is 20.8 Å². The maximum Gasteiger partial charge on any atom is 0.240 e. The highest BCUT2D eigenvalue weighted by Gasteiger charge is 2.13. The quantitative estimate of drug-likeness (QED) is 0.791. The molecule has 1 N–H and O–H groups in total. The molecular weight excluding hydrogens is 310 g/mol. The van der Waals surface area contributed by atoms with Gasteiger partial charge in [0.05, 0.1) is 11.5 Å². The number of sulfonamides is 1. The summed E-state index contributed by atoms with van der Waals surface area (Å²) in [4.78, 5) is 0.306. The van der Waals surface area contributed by atoms with Crippen LogP contribution < -0.4 is 9.46 Å². The second kappa shape index (κ2) is 7.62. The zero-order valence-electron chi connectivity index (χ0n) is 13.8. The van der Waals surface area contributed by atoms with Gasteiger partial charge >= 0.3 is 0 Å². The van der Waals surface area contributed by atoms with E-state index < -0.39 is 10.0 Å². The molecule has 0 bridgehead atoms. The van der Waals surface area contributed by atoms with E-state index in [0.717, 1.165) is 22.4 Å². The molecule has 0 unspecified atom stereocenters. The maximum absolute atomic E-state index is 12.2. The number of aryl methyl sites for hydroxylation is 3. The molecule has 0 radical (unpaired) electrons. The number of hydrogen-bond acceptors (Lipinski definition) is 3. The van der Waals surface area contributed by atoms with Crippen LogP contribution >= 0.6 is 0 Å². The third-order valence-electron chi connectivity index (χ3n) is 3.66. The maximum atomic E-state index is 12.2. The predicted molar refractivity (Wildman–Crippen MR) is 92.4 cm³/mol. The summed E-state index contributed by atoms with van der Waals surface area (Å²) >= 11 is 0. The molecule has 0 atom stereocenters. The van der Waals surface area contributed by atoms with Gasteiger partial charge in [0, 0.05) is 6.54 Å². The average Bonchev–Trinajstić information content (AvgIpc) is 2.49. The lowest BCUT2D eigenvalue weighted by Gasteiger charge is -2.10. The average molecular weight is 333 g/mol. The summed E-state index contributed by atoms with van der Waals surface area (Å²) in [6.45, 7) is 6.69. The molecule has 2 rings (SSSR count). The van der Waals surface area contributed by atoms with Crippen molar-refractivity contribution < 1.29 is 13.2 Å². The van der Waals surface area contributed by atoms with Crippen molar-refractivity contribution in [2.24, 2.45) is 0 Å². The summed E-state index contributed by atoms with van der Waals surface area (Å²) in [5.74, 6) is 0.807. The van der Waals surface area contributed by atoms with Gasteiger partial charge in [-0.2, -0.15) is 0 Å². The Hall–Kier alpha value is -1.85. The van der Waals surface area contributed by atoms with Crippen LogP contribution in [0.2, 0.25) is 0 Å². The molecule has 0 aromatic heterocycles. The Morgan fingerprint density at radius 2 is 1.78 bits per heavy atom. The Bertz CT molecular complexity index is 770. The Labute approximate surface area is 138 Å². The standard InChI is InChI=1S/C18H23NO3S/c1-14-6-4-7-17(12-14)22-11-5-10-19-23(20,21)18-9-8-15(2)16(3)13-18/h4,6-9,12-13,19H,5,10-11H2,1-3H3. The largest absolute Gasteiger partial charge is 0.494 e. The topological polar surface area (TPSA) is 55.4 Å². The van der Waals surface area contributed by atoms with Gasteiger partial charge in [-0.15, -0.1) is 0 Å². The van der Waals surface area contributed by atoms with E-state index in [1.54, 1.807) is 12.1 Å². The van der Waals surface area contributed by atoms with E-state index in [1.807, 2.05) is 51.1 Å². The summed E-state index contributed by atoms with van der Waals surface area (Å²) < 4.78 is 32.7. The van der Waals surface area contributed by atoms with Gasteiger partial charge in [0.25, 0.3) is 0 Å². The number of ether oxygens (including phenoxy) is 1. The fourth-order valence-electron chi connectivity index (χ4n) is 2.14. The highest BCUT2D eigenvalue weighted by Crippen LogP contribution is 2.15. The van der Waals surface area contributed by atoms with Gasteiger partial charge in [0.1, 0.15) is 5.75 Å². The lowest BCUT2D eigenvalue weighted by atomic mass is 10.1. The van der Waals surface area contributed by atoms with E-state index in [-0.39, 0.29) is 0 Å². The Kier molecular flexibility index (Phi) is 5.80. The first-order valence-corrected chi connectivity index (χ1v) is 9.13. The van der Waals surface area contributed by atoms with E-state index in [4.69, 9.17) is 4.74 Å². The monoisotopic (exact) mass is 333 g/mol. The smallest absolute Gasteiger partial charge is 0.240 e. The van der Waals surface area contributed by atoms with Gasteiger partial charge < -0.3 is 4.74 Å². The molecule has 0 heterocycles. The predicted octanol–water partition coefficient (Wildman–Crippen LogP) is 3.36. The van der Waals surface area contributed by atoms with Crippen LogP contribution in [0.25, 0.3) is 0 Å². The SMILES string of the molecule is Cc1cccc(OCCCNS(=O)(=O)c2ccc(C)c(C)c2)c1. The summed E-state index contributed by atoms with van der Waals surface area (Å²) in [5, 5.41) is 0. The summed E-state index contributed by atoms with van der Waals surface area (Å²) in [5.41, 5.74) is 3.18. The highest BCUT2D eigenvalue weighted by atomic mass is 32.2. The minimum Gasteiger partial charge on any atom is -0.494 e. The first-order chi connectivity index (χ1) is 10.9. The van der Waals surface area contributed by atoms with Crippen molar-refractivity contribution >= 4 is 10.0 Å². The Balaban J connectivity index is 1.82. The molecule has 4 nitrogen and oxygen atoms in total. The van der Waals surface area contributed by atoms with Crippen molar-refractivity contribution in [1.29, 1.82) is 0 Å². The summed E-state index contributed by atoms with van der Waals surface area (Å²) in [6.07, 6.45) is 0.609. The molecule has 0 aliphatic heterocycles. The van der Waals surface area contributed by atoms with Gasteiger partial charge in [-0.1, -0.05) is 18.2 Å². The molecular formula is C18H23NO3S. The second-order valence-electron chi connectivity index (χ2n) is 5.66. The van der Waals surface area contributed by atoms with Crippen LogP contribution in [-0.4, -0.2) is 21.6 Å². The van der Waals surface area contributed by atoms with Gasteiger partial charge in [-0.3, -0.25) is 0 Å². The highest BCUT2D eigenvalue weighted by molar-refractivity contribution is 7.89. The third kappa shape index (κ3) is 5.08. The molecule has 124 valence electrons. The van der Waals surface area contributed by atoms with Crippen molar-refractivity contribution in [3.63, 3.8) is 0 Å². The molecule has 0 fully saturated rings. The zero-order valence-corrected chi connectivity index (χ0v) is 14.6. The van der Waals surface area contributed by atoms with Gasteiger partial charge in [0.2, 0.25) is 10.0 Å². The van der Waals surface area contributed by atoms with Crippen LogP contribution in [0.4, 0.5) is 0 Å². The fraction of sp³-hybridized carbons (Fsp3) is 0.333. The van der Waals surface area contributed by atoms with Crippen LogP contribution in [0.3, 0.4) is 0 Å². The van der Waals surface area contributed by atoms with Crippen molar-refractivity contribution in [3.8, 4) is 5.75 Å². The van der Waals surface area contributed by atoms with Crippen molar-refractivity contribution in [2.45, 2.75) is 32.1 Å². The molecule has 0 aliphatic rings. The fourth-order valence-corrected chi connectivity index (χ4v) is 3.30. The van der Waals surface area contributed by atoms with Crippen LogP contribution in [0.15, 0.2) is 47.4 Å². The number of hydrogen-bond donors (Lipinski definition) is 1. The van der Waals surface area contributed by atoms with Crippen molar-refractivity contribution in [2.75, 3.05) is 13.2 Å². The van der Waals surface area contributed by atoms with E-state index in [1.165, 1.54) is 0 Å². The minimum atomic E-state index is -3.46. The summed E-state index contributed by atoms with van der Waals surface area (Å²) in [7, 11) is -3.46. The first kappa shape index (κ1) is 17.5. The molecule has 5 heteroatoms. The van der Waals surface area contributed by atoms with Crippen molar-refractivity contribution in [1.82, 2.24) is 4.72 Å². The second-order valence-corrected chi connectivity index (χ2v) is 7.43. The van der Waals surface area contributed by atoms with Gasteiger partial charge in [0.15, 0.2) is 0 Å². The summed E-state index contributed by atoms with van der Waals surface area (Å²) in [6, 6.07) is 12.9. The Morgan fingerprint density at radius 3 is 2.48 bits per heavy atom. The van der Waals surface area contributed by atoms with Crippen LogP contribution in [0.1, 0.15) is 23.1 Å². The minimum absolute atomic E-state index is 0.306.